The molecule has 0 aromatic carbocycles. The Kier molecular flexibility index (Phi) is 2.05. The number of aromatic amines is 1. The lowest BCUT2D eigenvalue weighted by atomic mass is 10.3. The molecule has 0 radical (unpaired) electrons. The molecule has 13 heavy (non-hydrogen) atoms. The Bertz CT molecular complexity index is 482. The van der Waals surface area contributed by atoms with Crippen molar-refractivity contribution < 1.29 is 4.21 Å². The predicted molar refractivity (Wildman–Crippen MR) is 51.2 cm³/mol. The van der Waals surface area contributed by atoms with E-state index in [1.807, 2.05) is 0 Å². The van der Waals surface area contributed by atoms with E-state index >= 15 is 0 Å². The first kappa shape index (κ1) is 8.65. The number of nitrogens with zero attached hydrogens (tertiary/aromatic N) is 2. The van der Waals surface area contributed by atoms with Gasteiger partial charge in [0.2, 0.25) is 0 Å². The fraction of sp³-hybridized carbons (Fsp3) is 0.143. The maximum Gasteiger partial charge on any atom is 0.131 e. The van der Waals surface area contributed by atoms with Gasteiger partial charge in [-0.3, -0.25) is 9.31 Å². The summed E-state index contributed by atoms with van der Waals surface area (Å²) in [7, 11) is -1.08. The van der Waals surface area contributed by atoms with Gasteiger partial charge in [0.25, 0.3) is 0 Å². The molecule has 0 amide bonds. The number of hydrogen-bond acceptors (Lipinski definition) is 3. The van der Waals surface area contributed by atoms with Gasteiger partial charge in [0.05, 0.1) is 21.7 Å². The Morgan fingerprint density at radius 1 is 1.62 bits per heavy atom. The number of pyridine rings is 1. The second-order valence-electron chi connectivity index (χ2n) is 2.53. The lowest BCUT2D eigenvalue weighted by Gasteiger charge is -1.91. The molecule has 0 saturated carbocycles. The van der Waals surface area contributed by atoms with E-state index in [1.54, 1.807) is 18.5 Å². The minimum Gasteiger partial charge on any atom is -0.268 e. The molecule has 6 heteroatoms. The van der Waals surface area contributed by atoms with Crippen molar-refractivity contribution in [3.63, 3.8) is 0 Å². The smallest absolute Gasteiger partial charge is 0.131 e. The standard InChI is InChI=1S/C7H6ClN3OS/c1-13(12)7-4-3-9-6(8)2-5(4)10-11-7/h2-3H,1H3,(H,10,11). The summed E-state index contributed by atoms with van der Waals surface area (Å²) in [6, 6.07) is 1.63. The van der Waals surface area contributed by atoms with Gasteiger partial charge in [-0.2, -0.15) is 5.10 Å². The van der Waals surface area contributed by atoms with E-state index in [0.29, 0.717) is 15.7 Å². The highest BCUT2D eigenvalue weighted by Gasteiger charge is 2.08. The Morgan fingerprint density at radius 2 is 2.38 bits per heavy atom. The van der Waals surface area contributed by atoms with Gasteiger partial charge in [-0.05, 0) is 0 Å². The Morgan fingerprint density at radius 3 is 3.08 bits per heavy atom. The number of rotatable bonds is 1. The van der Waals surface area contributed by atoms with Gasteiger partial charge in [0.15, 0.2) is 0 Å². The molecule has 1 unspecified atom stereocenters. The third-order valence-electron chi connectivity index (χ3n) is 1.66. The normalized spacial score (nSPS) is 13.4. The van der Waals surface area contributed by atoms with E-state index in [0.717, 1.165) is 5.39 Å². The van der Waals surface area contributed by atoms with Crippen LogP contribution in [0.3, 0.4) is 0 Å². The molecule has 0 aliphatic rings. The molecule has 0 spiro atoms. The highest BCUT2D eigenvalue weighted by Crippen LogP contribution is 2.19. The second-order valence-corrected chi connectivity index (χ2v) is 4.23. The van der Waals surface area contributed by atoms with Gasteiger partial charge in [-0.15, -0.1) is 0 Å². The summed E-state index contributed by atoms with van der Waals surface area (Å²) in [5, 5.41) is 8.37. The van der Waals surface area contributed by atoms with Gasteiger partial charge in [0, 0.05) is 18.5 Å². The van der Waals surface area contributed by atoms with Crippen molar-refractivity contribution in [3.05, 3.63) is 17.4 Å². The van der Waals surface area contributed by atoms with E-state index in [9.17, 15) is 4.21 Å². The topological polar surface area (TPSA) is 58.6 Å². The number of nitrogens with one attached hydrogen (secondary N) is 1. The summed E-state index contributed by atoms with van der Waals surface area (Å²) in [5.74, 6) is 0. The predicted octanol–water partition coefficient (Wildman–Crippen LogP) is 1.35. The maximum absolute atomic E-state index is 11.2. The number of aromatic nitrogens is 3. The van der Waals surface area contributed by atoms with Gasteiger partial charge < -0.3 is 0 Å². The summed E-state index contributed by atoms with van der Waals surface area (Å²) >= 11 is 5.67. The van der Waals surface area contributed by atoms with E-state index in [4.69, 9.17) is 11.6 Å². The molecule has 1 atom stereocenters. The molecule has 4 nitrogen and oxygen atoms in total. The Labute approximate surface area is 81.8 Å². The van der Waals surface area contributed by atoms with Crippen LogP contribution < -0.4 is 0 Å². The van der Waals surface area contributed by atoms with E-state index in [2.05, 4.69) is 15.2 Å². The van der Waals surface area contributed by atoms with Crippen LogP contribution >= 0.6 is 11.6 Å². The summed E-state index contributed by atoms with van der Waals surface area (Å²) in [6.45, 7) is 0. The first-order chi connectivity index (χ1) is 6.18. The third-order valence-corrected chi connectivity index (χ3v) is 2.75. The fourth-order valence-electron chi connectivity index (χ4n) is 1.08. The van der Waals surface area contributed by atoms with Crippen LogP contribution in [0.5, 0.6) is 0 Å². The van der Waals surface area contributed by atoms with Crippen molar-refractivity contribution in [2.24, 2.45) is 0 Å². The third kappa shape index (κ3) is 1.45. The number of fused-ring (bicyclic) bond motifs is 1. The molecule has 0 bridgehead atoms. The zero-order chi connectivity index (χ0) is 9.42. The van der Waals surface area contributed by atoms with Gasteiger partial charge in [-0.1, -0.05) is 11.6 Å². The minimum atomic E-state index is -1.08. The average molecular weight is 216 g/mol. The molecule has 0 fully saturated rings. The van der Waals surface area contributed by atoms with Crippen molar-refractivity contribution >= 4 is 33.3 Å². The van der Waals surface area contributed by atoms with Crippen molar-refractivity contribution in [3.8, 4) is 0 Å². The van der Waals surface area contributed by atoms with E-state index < -0.39 is 10.8 Å². The summed E-state index contributed by atoms with van der Waals surface area (Å²) in [5.41, 5.74) is 0.685. The molecule has 2 aromatic rings. The van der Waals surface area contributed by atoms with Crippen LogP contribution in [0, 0.1) is 0 Å². The largest absolute Gasteiger partial charge is 0.268 e. The molecular formula is C7H6ClN3OS. The molecule has 0 aliphatic heterocycles. The highest BCUT2D eigenvalue weighted by molar-refractivity contribution is 7.84. The lowest BCUT2D eigenvalue weighted by molar-refractivity contribution is 0.684. The molecule has 2 heterocycles. The fourth-order valence-corrected chi connectivity index (χ4v) is 1.87. The second kappa shape index (κ2) is 3.08. The average Bonchev–Trinajstić information content (AvgIpc) is 2.46. The van der Waals surface area contributed by atoms with Gasteiger partial charge in [0.1, 0.15) is 10.2 Å². The van der Waals surface area contributed by atoms with Crippen LogP contribution in [0.15, 0.2) is 17.3 Å². The lowest BCUT2D eigenvalue weighted by Crippen LogP contribution is -1.87. The molecule has 1 N–H and O–H groups in total. The minimum absolute atomic E-state index is 0.382. The van der Waals surface area contributed by atoms with E-state index in [-0.39, 0.29) is 0 Å². The number of H-pyrrole nitrogens is 1. The molecule has 0 saturated heterocycles. The Balaban J connectivity index is 2.76. The van der Waals surface area contributed by atoms with Crippen LogP contribution in [0.1, 0.15) is 0 Å². The number of halogens is 1. The summed E-state index contributed by atoms with van der Waals surface area (Å²) in [4.78, 5) is 3.89. The van der Waals surface area contributed by atoms with Gasteiger partial charge >= 0.3 is 0 Å². The van der Waals surface area contributed by atoms with Crippen molar-refractivity contribution in [2.45, 2.75) is 5.03 Å². The maximum atomic E-state index is 11.2. The Hall–Kier alpha value is -0.940. The zero-order valence-electron chi connectivity index (χ0n) is 6.74. The van der Waals surface area contributed by atoms with Gasteiger partial charge in [-0.25, -0.2) is 4.98 Å². The van der Waals surface area contributed by atoms with Crippen LogP contribution in [0.25, 0.3) is 10.9 Å². The van der Waals surface area contributed by atoms with Crippen LogP contribution in [-0.2, 0) is 10.8 Å². The molecule has 2 aromatic heterocycles. The zero-order valence-corrected chi connectivity index (χ0v) is 8.32. The first-order valence-corrected chi connectivity index (χ1v) is 5.45. The van der Waals surface area contributed by atoms with Crippen LogP contribution in [0.4, 0.5) is 0 Å². The van der Waals surface area contributed by atoms with Crippen LogP contribution in [-0.4, -0.2) is 25.6 Å². The van der Waals surface area contributed by atoms with Crippen molar-refractivity contribution in [2.75, 3.05) is 6.26 Å². The van der Waals surface area contributed by atoms with Crippen molar-refractivity contribution in [1.82, 2.24) is 15.2 Å². The quantitative estimate of drug-likeness (QED) is 0.731. The monoisotopic (exact) mass is 215 g/mol. The molecule has 2 rings (SSSR count). The van der Waals surface area contributed by atoms with E-state index in [1.165, 1.54) is 0 Å². The highest BCUT2D eigenvalue weighted by atomic mass is 35.5. The number of hydrogen-bond donors (Lipinski definition) is 1. The molecule has 0 aliphatic carbocycles. The SMILES string of the molecule is CS(=O)c1[nH]nc2cc(Cl)ncc12. The molecule has 68 valence electrons. The summed E-state index contributed by atoms with van der Waals surface area (Å²) < 4.78 is 11.2. The molecular weight excluding hydrogens is 210 g/mol. The van der Waals surface area contributed by atoms with Crippen molar-refractivity contribution in [1.29, 1.82) is 0 Å². The first-order valence-electron chi connectivity index (χ1n) is 3.51. The summed E-state index contributed by atoms with van der Waals surface area (Å²) in [6.07, 6.45) is 3.15. The van der Waals surface area contributed by atoms with Crippen LogP contribution in [0.2, 0.25) is 5.15 Å².